The van der Waals surface area contributed by atoms with Crippen LogP contribution in [0, 0.1) is 6.92 Å². The lowest BCUT2D eigenvalue weighted by molar-refractivity contribution is -0.128. The van der Waals surface area contributed by atoms with Crippen molar-refractivity contribution < 1.29 is 47.8 Å². The molecule has 0 spiro atoms. The number of H-pyrrole nitrogens is 2. The number of rotatable bonds is 14. The first-order valence-electron chi connectivity index (χ1n) is 26.8. The molecule has 22 nitrogen and oxygen atoms in total. The molecule has 0 bridgehead atoms. The third-order valence-electron chi connectivity index (χ3n) is 14.6. The number of ketones is 2. The van der Waals surface area contributed by atoms with Crippen LogP contribution < -0.4 is 14.2 Å². The van der Waals surface area contributed by atoms with Gasteiger partial charge in [-0.1, -0.05) is 72.3 Å². The molecule has 2 N–H and O–H groups in total. The predicted molar refractivity (Wildman–Crippen MR) is 308 cm³/mol. The minimum Gasteiger partial charge on any atom is -0.494 e. The second kappa shape index (κ2) is 24.0. The van der Waals surface area contributed by atoms with Crippen LogP contribution in [0.4, 0.5) is 0 Å². The maximum atomic E-state index is 13.5. The van der Waals surface area contributed by atoms with E-state index in [4.69, 9.17) is 19.3 Å². The van der Waals surface area contributed by atoms with Crippen molar-refractivity contribution in [2.45, 2.75) is 6.92 Å². The number of aromatic amines is 2. The van der Waals surface area contributed by atoms with Crippen molar-refractivity contribution in [1.29, 1.82) is 0 Å². The molecule has 4 aromatic carbocycles. The molecule has 0 radical (unpaired) electrons. The fourth-order valence-corrected chi connectivity index (χ4v) is 10.3. The maximum absolute atomic E-state index is 13.5. The lowest BCUT2D eigenvalue weighted by Gasteiger charge is -2.34. The summed E-state index contributed by atoms with van der Waals surface area (Å²) in [5.74, 6) is -0.904. The number of carbonyl (C=O) groups excluding carboxylic acids is 7. The summed E-state index contributed by atoms with van der Waals surface area (Å²) < 4.78 is 19.2. The van der Waals surface area contributed by atoms with Crippen LogP contribution in [0.25, 0.3) is 56.0 Å². The average Bonchev–Trinajstić information content (AvgIpc) is 3.04. The third kappa shape index (κ3) is 11.0. The minimum atomic E-state index is -0.697. The van der Waals surface area contributed by atoms with Crippen molar-refractivity contribution in [3.05, 3.63) is 186 Å². The van der Waals surface area contributed by atoms with Gasteiger partial charge in [-0.05, 0) is 61.5 Å². The number of amides is 4. The number of benzene rings is 4. The molecule has 0 atom stereocenters. The van der Waals surface area contributed by atoms with Crippen molar-refractivity contribution in [2.24, 2.45) is 0 Å². The summed E-state index contributed by atoms with van der Waals surface area (Å²) in [6.45, 7) is 4.74. The van der Waals surface area contributed by atoms with Crippen molar-refractivity contribution in [2.75, 3.05) is 66.6 Å². The molecular formula is C62H54N12O10. The molecule has 2 aliphatic heterocycles. The summed E-state index contributed by atoms with van der Waals surface area (Å²) in [4.78, 5) is 112. The van der Waals surface area contributed by atoms with Crippen molar-refractivity contribution in [3.63, 3.8) is 0 Å². The van der Waals surface area contributed by atoms with Gasteiger partial charge in [0, 0.05) is 99.4 Å². The van der Waals surface area contributed by atoms with E-state index in [1.807, 2.05) is 61.5 Å². The first-order chi connectivity index (χ1) is 40.9. The number of nitrogens with one attached hydrogen (secondary N) is 2. The maximum Gasteiger partial charge on any atom is 0.298 e. The molecule has 8 heterocycles. The van der Waals surface area contributed by atoms with E-state index in [0.717, 1.165) is 22.4 Å². The lowest BCUT2D eigenvalue weighted by Crippen LogP contribution is -2.52. The Balaban J connectivity index is 0.000000176. The molecule has 2 fully saturated rings. The van der Waals surface area contributed by atoms with Gasteiger partial charge >= 0.3 is 0 Å². The zero-order chi connectivity index (χ0) is 58.4. The number of nitrogens with zero attached hydrogens (tertiary/aromatic N) is 10. The number of aryl methyl sites for hydroxylation is 1. The molecule has 6 aromatic heterocycles. The highest BCUT2D eigenvalue weighted by Crippen LogP contribution is 2.35. The van der Waals surface area contributed by atoms with E-state index < -0.39 is 23.4 Å². The first-order valence-corrected chi connectivity index (χ1v) is 26.8. The Bertz CT molecular complexity index is 4130. The number of fused-ring (bicyclic) bond motifs is 2. The molecule has 84 heavy (non-hydrogen) atoms. The quantitative estimate of drug-likeness (QED) is 0.0630. The Labute approximate surface area is 479 Å². The number of ether oxygens (including phenoxy) is 3. The number of piperazine rings is 2. The normalized spacial score (nSPS) is 13.3. The standard InChI is InChI=1S/C31H26N6O6.C31H28N6O4/c1-42-25-18-33-29(37-11-10-24(34-37)21-8-5-9-22(16-21)43-19-38)27-26(25)23(17-32-27)28(39)31(41)36-14-12-35(13-15-36)30(40)20-6-3-2-4-7-20;1-20-7-6-10-22(17-20)24-11-12-37(34-24)29-27-26(25(41-2)19-33-29)23(18-32-27)28(38)31(40)36-15-13-35(14-16-36)30(39)21-8-4-3-5-9-21/h2-11,16-19,32H,12-15H2,1H3;3-12,17-19,32H,13-16H2,1-2H3. The fourth-order valence-electron chi connectivity index (χ4n) is 10.3. The Hall–Kier alpha value is -11.0. The van der Waals surface area contributed by atoms with E-state index in [-0.39, 0.29) is 49.1 Å². The molecule has 2 saturated heterocycles. The lowest BCUT2D eigenvalue weighted by atomic mass is 10.1. The second-order valence-corrected chi connectivity index (χ2v) is 19.7. The number of methoxy groups -OCH3 is 2. The summed E-state index contributed by atoms with van der Waals surface area (Å²) >= 11 is 0. The van der Waals surface area contributed by atoms with Crippen LogP contribution in [-0.2, 0) is 14.4 Å². The van der Waals surface area contributed by atoms with Crippen LogP contribution >= 0.6 is 0 Å². The van der Waals surface area contributed by atoms with Gasteiger partial charge in [-0.3, -0.25) is 33.6 Å². The number of hydrogen-bond donors (Lipinski definition) is 2. The minimum absolute atomic E-state index is 0.0883. The molecule has 422 valence electrons. The summed E-state index contributed by atoms with van der Waals surface area (Å²) in [5, 5.41) is 10.2. The first kappa shape index (κ1) is 54.9. The van der Waals surface area contributed by atoms with Crippen molar-refractivity contribution in [1.82, 2.24) is 59.1 Å². The van der Waals surface area contributed by atoms with Crippen molar-refractivity contribution >= 4 is 63.5 Å². The van der Waals surface area contributed by atoms with E-state index in [1.165, 1.54) is 48.8 Å². The highest BCUT2D eigenvalue weighted by atomic mass is 16.5. The van der Waals surface area contributed by atoms with E-state index in [9.17, 15) is 33.6 Å². The number of carbonyl (C=O) groups is 7. The summed E-state index contributed by atoms with van der Waals surface area (Å²) in [6, 6.07) is 36.6. The largest absolute Gasteiger partial charge is 0.494 e. The number of aromatic nitrogens is 8. The fraction of sp³-hybridized carbons (Fsp3) is 0.177. The number of pyridine rings is 2. The van der Waals surface area contributed by atoms with Gasteiger partial charge in [-0.2, -0.15) is 10.2 Å². The predicted octanol–water partition coefficient (Wildman–Crippen LogP) is 7.03. The van der Waals surface area contributed by atoms with Gasteiger partial charge in [-0.25, -0.2) is 19.3 Å². The van der Waals surface area contributed by atoms with Crippen LogP contribution in [0.5, 0.6) is 17.2 Å². The van der Waals surface area contributed by atoms with Crippen LogP contribution in [0.1, 0.15) is 47.0 Å². The summed E-state index contributed by atoms with van der Waals surface area (Å²) in [7, 11) is 2.95. The monoisotopic (exact) mass is 1130 g/mol. The third-order valence-corrected chi connectivity index (χ3v) is 14.6. The van der Waals surface area contributed by atoms with Crippen LogP contribution in [-0.4, -0.2) is 167 Å². The van der Waals surface area contributed by atoms with Gasteiger partial charge < -0.3 is 43.8 Å². The van der Waals surface area contributed by atoms with Crippen LogP contribution in [0.15, 0.2) is 159 Å². The Morgan fingerprint density at radius 2 is 0.940 bits per heavy atom. The molecule has 4 amide bonds. The summed E-state index contributed by atoms with van der Waals surface area (Å²) in [6.07, 6.45) is 9.49. The highest BCUT2D eigenvalue weighted by molar-refractivity contribution is 6.46. The molecule has 0 aliphatic carbocycles. The SMILES string of the molecule is COc1cnc(-n2ccc(-c3cccc(C)c3)n2)c2[nH]cc(C(=O)C(=O)N3CCN(C(=O)c4ccccc4)CC3)c12.COc1cnc(-n2ccc(-c3cccc(OC=O)c3)n2)c2[nH]cc(C(=O)C(=O)N3CCN(C(=O)c4ccccc4)CC3)c12. The van der Waals surface area contributed by atoms with Gasteiger partial charge in [-0.15, -0.1) is 0 Å². The second-order valence-electron chi connectivity index (χ2n) is 19.7. The molecule has 0 saturated carbocycles. The van der Waals surface area contributed by atoms with Crippen LogP contribution in [0.3, 0.4) is 0 Å². The van der Waals surface area contributed by atoms with Crippen LogP contribution in [0.2, 0.25) is 0 Å². The average molecular weight is 1130 g/mol. The molecule has 0 unspecified atom stereocenters. The van der Waals surface area contributed by atoms with Gasteiger partial charge in [0.05, 0.1) is 70.9 Å². The Kier molecular flexibility index (Phi) is 15.7. The zero-order valence-electron chi connectivity index (χ0n) is 45.8. The topological polar surface area (TPSA) is 253 Å². The Morgan fingerprint density at radius 1 is 0.512 bits per heavy atom. The van der Waals surface area contributed by atoms with E-state index in [1.54, 1.807) is 92.2 Å². The molecular weight excluding hydrogens is 1070 g/mol. The molecule has 22 heteroatoms. The number of Topliss-reactive ketones (excluding diaryl/α,β-unsaturated/α-hetero) is 2. The molecule has 10 aromatic rings. The van der Waals surface area contributed by atoms with E-state index in [2.05, 4.69) is 31.1 Å². The van der Waals surface area contributed by atoms with E-state index >= 15 is 0 Å². The molecule has 2 aliphatic rings. The number of hydrogen-bond acceptors (Lipinski definition) is 14. The van der Waals surface area contributed by atoms with Gasteiger partial charge in [0.1, 0.15) is 17.2 Å². The van der Waals surface area contributed by atoms with E-state index in [0.29, 0.717) is 100 Å². The summed E-state index contributed by atoms with van der Waals surface area (Å²) in [5.41, 5.74) is 6.72. The van der Waals surface area contributed by atoms with Gasteiger partial charge in [0.15, 0.2) is 11.6 Å². The van der Waals surface area contributed by atoms with Gasteiger partial charge in [0.2, 0.25) is 0 Å². The molecule has 12 rings (SSSR count). The van der Waals surface area contributed by atoms with Gasteiger partial charge in [0.25, 0.3) is 41.7 Å². The highest BCUT2D eigenvalue weighted by Gasteiger charge is 2.34. The van der Waals surface area contributed by atoms with Crippen molar-refractivity contribution in [3.8, 4) is 51.4 Å². The Morgan fingerprint density at radius 3 is 1.37 bits per heavy atom. The zero-order valence-corrected chi connectivity index (χ0v) is 45.8. The smallest absolute Gasteiger partial charge is 0.298 e.